The summed E-state index contributed by atoms with van der Waals surface area (Å²) in [7, 11) is 0. The standard InChI is InChI=1S/C14H22N2O3/c1-4-11(3)9-15(5-2)13-7-6-12(10-17)8-14(13)16(18)19/h6-8,11,17H,4-5,9-10H2,1-3H3. The van der Waals surface area contributed by atoms with E-state index < -0.39 is 0 Å². The van der Waals surface area contributed by atoms with Crippen LogP contribution in [-0.4, -0.2) is 23.1 Å². The van der Waals surface area contributed by atoms with Crippen molar-refractivity contribution in [2.24, 2.45) is 5.92 Å². The summed E-state index contributed by atoms with van der Waals surface area (Å²) in [5, 5.41) is 20.2. The zero-order chi connectivity index (χ0) is 14.4. The number of nitrogens with zero attached hydrogens (tertiary/aromatic N) is 2. The van der Waals surface area contributed by atoms with Crippen molar-refractivity contribution in [1.82, 2.24) is 0 Å². The monoisotopic (exact) mass is 266 g/mol. The molecule has 0 amide bonds. The molecule has 1 unspecified atom stereocenters. The second-order valence-corrected chi connectivity index (χ2v) is 4.79. The number of nitro benzene ring substituents is 1. The Morgan fingerprint density at radius 1 is 1.42 bits per heavy atom. The lowest BCUT2D eigenvalue weighted by atomic mass is 10.1. The first-order valence-corrected chi connectivity index (χ1v) is 6.66. The fraction of sp³-hybridized carbons (Fsp3) is 0.571. The van der Waals surface area contributed by atoms with E-state index in [0.717, 1.165) is 19.5 Å². The molecule has 1 aromatic rings. The summed E-state index contributed by atoms with van der Waals surface area (Å²) < 4.78 is 0. The number of hydrogen-bond donors (Lipinski definition) is 1. The summed E-state index contributed by atoms with van der Waals surface area (Å²) >= 11 is 0. The van der Waals surface area contributed by atoms with Crippen molar-refractivity contribution >= 4 is 11.4 Å². The van der Waals surface area contributed by atoms with Gasteiger partial charge in [-0.25, -0.2) is 0 Å². The lowest BCUT2D eigenvalue weighted by Gasteiger charge is -2.26. The Morgan fingerprint density at radius 2 is 2.11 bits per heavy atom. The highest BCUT2D eigenvalue weighted by Gasteiger charge is 2.20. The number of anilines is 1. The Kier molecular flexibility index (Phi) is 5.76. The molecule has 0 spiro atoms. The number of hydrogen-bond acceptors (Lipinski definition) is 4. The molecule has 5 nitrogen and oxygen atoms in total. The molecule has 0 aliphatic rings. The average molecular weight is 266 g/mol. The molecular formula is C14H22N2O3. The first-order chi connectivity index (χ1) is 9.03. The minimum atomic E-state index is -0.381. The minimum absolute atomic E-state index is 0.0664. The van der Waals surface area contributed by atoms with Gasteiger partial charge in [0.25, 0.3) is 5.69 Å². The zero-order valence-corrected chi connectivity index (χ0v) is 11.8. The van der Waals surface area contributed by atoms with E-state index >= 15 is 0 Å². The topological polar surface area (TPSA) is 66.6 Å². The lowest BCUT2D eigenvalue weighted by Crippen LogP contribution is -2.28. The first kappa shape index (κ1) is 15.4. The predicted molar refractivity (Wildman–Crippen MR) is 76.4 cm³/mol. The SMILES string of the molecule is CCC(C)CN(CC)c1ccc(CO)cc1[N+](=O)[O-]. The molecule has 19 heavy (non-hydrogen) atoms. The van der Waals surface area contributed by atoms with Crippen molar-refractivity contribution in [2.45, 2.75) is 33.8 Å². The molecule has 1 N–H and O–H groups in total. The maximum atomic E-state index is 11.2. The summed E-state index contributed by atoms with van der Waals surface area (Å²) in [6, 6.07) is 4.92. The van der Waals surface area contributed by atoms with Gasteiger partial charge in [0.1, 0.15) is 5.69 Å². The van der Waals surface area contributed by atoms with Crippen molar-refractivity contribution < 1.29 is 10.0 Å². The highest BCUT2D eigenvalue weighted by Crippen LogP contribution is 2.30. The van der Waals surface area contributed by atoms with Gasteiger partial charge in [0, 0.05) is 19.2 Å². The largest absolute Gasteiger partial charge is 0.392 e. The Labute approximate surface area is 114 Å². The molecule has 0 aromatic heterocycles. The third-order valence-corrected chi connectivity index (χ3v) is 3.37. The van der Waals surface area contributed by atoms with Gasteiger partial charge in [0.2, 0.25) is 0 Å². The first-order valence-electron chi connectivity index (χ1n) is 6.66. The zero-order valence-electron chi connectivity index (χ0n) is 11.8. The quantitative estimate of drug-likeness (QED) is 0.608. The summed E-state index contributed by atoms with van der Waals surface area (Å²) in [4.78, 5) is 12.8. The second kappa shape index (κ2) is 7.09. The van der Waals surface area contributed by atoms with E-state index in [1.807, 2.05) is 11.8 Å². The van der Waals surface area contributed by atoms with Gasteiger partial charge < -0.3 is 10.0 Å². The van der Waals surface area contributed by atoms with Crippen molar-refractivity contribution in [3.05, 3.63) is 33.9 Å². The average Bonchev–Trinajstić information content (AvgIpc) is 2.43. The van der Waals surface area contributed by atoms with E-state index in [2.05, 4.69) is 13.8 Å². The molecule has 0 fully saturated rings. The summed E-state index contributed by atoms with van der Waals surface area (Å²) in [5.74, 6) is 0.483. The van der Waals surface area contributed by atoms with Gasteiger partial charge in [-0.2, -0.15) is 0 Å². The van der Waals surface area contributed by atoms with Gasteiger partial charge in [0.05, 0.1) is 11.5 Å². The van der Waals surface area contributed by atoms with E-state index in [0.29, 0.717) is 17.2 Å². The Balaban J connectivity index is 3.11. The number of rotatable bonds is 7. The lowest BCUT2D eigenvalue weighted by molar-refractivity contribution is -0.384. The van der Waals surface area contributed by atoms with Gasteiger partial charge >= 0.3 is 0 Å². The Hall–Kier alpha value is -1.62. The molecule has 0 aliphatic carbocycles. The van der Waals surface area contributed by atoms with Gasteiger partial charge in [-0.15, -0.1) is 0 Å². The predicted octanol–water partition coefficient (Wildman–Crippen LogP) is 2.96. The minimum Gasteiger partial charge on any atom is -0.392 e. The number of aliphatic hydroxyl groups excluding tert-OH is 1. The van der Waals surface area contributed by atoms with Crippen LogP contribution in [0.3, 0.4) is 0 Å². The van der Waals surface area contributed by atoms with E-state index in [1.54, 1.807) is 12.1 Å². The van der Waals surface area contributed by atoms with Crippen molar-refractivity contribution in [3.8, 4) is 0 Å². The van der Waals surface area contributed by atoms with E-state index in [-0.39, 0.29) is 17.2 Å². The molecular weight excluding hydrogens is 244 g/mol. The van der Waals surface area contributed by atoms with Crippen LogP contribution in [0, 0.1) is 16.0 Å². The van der Waals surface area contributed by atoms with Crippen LogP contribution in [0.25, 0.3) is 0 Å². The molecule has 0 heterocycles. The maximum Gasteiger partial charge on any atom is 0.292 e. The van der Waals surface area contributed by atoms with Gasteiger partial charge in [0.15, 0.2) is 0 Å². The van der Waals surface area contributed by atoms with Crippen LogP contribution >= 0.6 is 0 Å². The van der Waals surface area contributed by atoms with Crippen molar-refractivity contribution in [1.29, 1.82) is 0 Å². The van der Waals surface area contributed by atoms with E-state index in [9.17, 15) is 10.1 Å². The van der Waals surface area contributed by atoms with Crippen LogP contribution in [-0.2, 0) is 6.61 Å². The summed E-state index contributed by atoms with van der Waals surface area (Å²) in [5.41, 5.74) is 1.26. The molecule has 0 saturated carbocycles. The van der Waals surface area contributed by atoms with Crippen molar-refractivity contribution in [3.63, 3.8) is 0 Å². The normalized spacial score (nSPS) is 12.2. The fourth-order valence-corrected chi connectivity index (χ4v) is 1.98. The highest BCUT2D eigenvalue weighted by atomic mass is 16.6. The Morgan fingerprint density at radius 3 is 2.58 bits per heavy atom. The third kappa shape index (κ3) is 3.92. The fourth-order valence-electron chi connectivity index (χ4n) is 1.98. The smallest absolute Gasteiger partial charge is 0.292 e. The molecule has 106 valence electrons. The van der Waals surface area contributed by atoms with E-state index in [1.165, 1.54) is 6.07 Å². The van der Waals surface area contributed by atoms with Crippen LogP contribution < -0.4 is 4.90 Å². The molecule has 0 radical (unpaired) electrons. The van der Waals surface area contributed by atoms with Gasteiger partial charge in [-0.3, -0.25) is 10.1 Å². The van der Waals surface area contributed by atoms with Crippen LogP contribution in [0.2, 0.25) is 0 Å². The van der Waals surface area contributed by atoms with Crippen molar-refractivity contribution in [2.75, 3.05) is 18.0 Å². The number of nitro groups is 1. The third-order valence-electron chi connectivity index (χ3n) is 3.37. The molecule has 0 aliphatic heterocycles. The van der Waals surface area contributed by atoms with E-state index in [4.69, 9.17) is 5.11 Å². The van der Waals surface area contributed by atoms with Crippen LogP contribution in [0.4, 0.5) is 11.4 Å². The molecule has 0 bridgehead atoms. The second-order valence-electron chi connectivity index (χ2n) is 4.79. The highest BCUT2D eigenvalue weighted by molar-refractivity contribution is 5.64. The summed E-state index contributed by atoms with van der Waals surface area (Å²) in [6.07, 6.45) is 1.04. The van der Waals surface area contributed by atoms with Crippen LogP contribution in [0.5, 0.6) is 0 Å². The number of benzene rings is 1. The van der Waals surface area contributed by atoms with Crippen LogP contribution in [0.15, 0.2) is 18.2 Å². The summed E-state index contributed by atoms with van der Waals surface area (Å²) in [6.45, 7) is 7.58. The van der Waals surface area contributed by atoms with Gasteiger partial charge in [-0.05, 0) is 24.5 Å². The molecule has 5 heteroatoms. The van der Waals surface area contributed by atoms with Gasteiger partial charge in [-0.1, -0.05) is 26.3 Å². The molecule has 1 aromatic carbocycles. The number of aliphatic hydroxyl groups is 1. The Bertz CT molecular complexity index is 435. The molecule has 1 rings (SSSR count). The molecule has 1 atom stereocenters. The molecule has 0 saturated heterocycles. The maximum absolute atomic E-state index is 11.2. The van der Waals surface area contributed by atoms with Crippen LogP contribution in [0.1, 0.15) is 32.8 Å².